The molecule has 36 heavy (non-hydrogen) atoms. The van der Waals surface area contributed by atoms with E-state index in [2.05, 4.69) is 59.0 Å². The zero-order valence-electron chi connectivity index (χ0n) is 20.7. The number of benzene rings is 3. The van der Waals surface area contributed by atoms with Crippen molar-refractivity contribution in [3.63, 3.8) is 0 Å². The average molecular weight is 479 g/mol. The maximum absolute atomic E-state index is 12.8. The largest absolute Gasteiger partial charge is 0.489 e. The van der Waals surface area contributed by atoms with E-state index >= 15 is 0 Å². The monoisotopic (exact) mass is 478 g/mol. The van der Waals surface area contributed by atoms with Crippen LogP contribution in [0.1, 0.15) is 63.1 Å². The van der Waals surface area contributed by atoms with Crippen LogP contribution in [0.2, 0.25) is 0 Å². The Bertz CT molecular complexity index is 1340. The molecule has 1 atom stereocenters. The van der Waals surface area contributed by atoms with Crippen LogP contribution in [0.3, 0.4) is 0 Å². The Labute approximate surface area is 211 Å². The van der Waals surface area contributed by atoms with Gasteiger partial charge in [-0.15, -0.1) is 0 Å². The van der Waals surface area contributed by atoms with Crippen molar-refractivity contribution in [3.05, 3.63) is 118 Å². The fourth-order valence-electron chi connectivity index (χ4n) is 6.02. The lowest BCUT2D eigenvalue weighted by molar-refractivity contribution is -0.120. The number of hydrogen-bond acceptors (Lipinski definition) is 4. The van der Waals surface area contributed by atoms with Crippen molar-refractivity contribution in [2.45, 2.75) is 45.1 Å². The first-order valence-corrected chi connectivity index (χ1v) is 12.7. The van der Waals surface area contributed by atoms with Crippen LogP contribution in [-0.2, 0) is 17.8 Å². The molecule has 1 amide bonds. The summed E-state index contributed by atoms with van der Waals surface area (Å²) in [5.74, 6) is 2.76. The molecule has 7 rings (SSSR count). The number of nitrogens with zero attached hydrogens (tertiary/aromatic N) is 1. The first-order chi connectivity index (χ1) is 17.6. The van der Waals surface area contributed by atoms with E-state index in [1.54, 1.807) is 0 Å². The molecule has 1 unspecified atom stereocenters. The van der Waals surface area contributed by atoms with E-state index in [1.807, 2.05) is 38.1 Å². The minimum absolute atomic E-state index is 0.0578. The van der Waals surface area contributed by atoms with Crippen LogP contribution in [0, 0.1) is 19.8 Å². The molecule has 0 radical (unpaired) electrons. The number of amides is 1. The summed E-state index contributed by atoms with van der Waals surface area (Å²) in [5, 5.41) is 7.19. The summed E-state index contributed by atoms with van der Waals surface area (Å²) in [5.41, 5.74) is 8.57. The molecule has 0 saturated heterocycles. The summed E-state index contributed by atoms with van der Waals surface area (Å²) in [4.78, 5) is 12.8. The van der Waals surface area contributed by atoms with Crippen LogP contribution in [0.4, 0.5) is 0 Å². The third kappa shape index (κ3) is 4.09. The fraction of sp³-hybridized carbons (Fsp3) is 0.290. The number of hydrogen-bond donors (Lipinski definition) is 1. The Hall–Kier alpha value is -3.86. The number of ether oxygens (including phenoxy) is 1. The molecule has 2 bridgehead atoms. The van der Waals surface area contributed by atoms with Crippen LogP contribution in [0.5, 0.6) is 5.75 Å². The summed E-state index contributed by atoms with van der Waals surface area (Å²) < 4.78 is 11.1. The number of nitrogens with one attached hydrogen (secondary N) is 1. The minimum atomic E-state index is 0.0578. The molecule has 3 aliphatic carbocycles. The highest BCUT2D eigenvalue weighted by molar-refractivity contribution is 5.78. The number of carbonyl (C=O) groups is 1. The van der Waals surface area contributed by atoms with Gasteiger partial charge in [0.25, 0.3) is 0 Å². The van der Waals surface area contributed by atoms with Gasteiger partial charge in [0.05, 0.1) is 17.7 Å². The fourth-order valence-corrected chi connectivity index (χ4v) is 6.02. The molecule has 5 nitrogen and oxygen atoms in total. The molecular weight excluding hydrogens is 448 g/mol. The molecular formula is C31H30N2O3. The van der Waals surface area contributed by atoms with Crippen molar-refractivity contribution >= 4 is 5.91 Å². The molecule has 0 spiro atoms. The highest BCUT2D eigenvalue weighted by Crippen LogP contribution is 2.55. The molecule has 1 N–H and O–H groups in total. The second kappa shape index (κ2) is 9.30. The normalized spacial score (nSPS) is 19.4. The summed E-state index contributed by atoms with van der Waals surface area (Å²) in [7, 11) is 0. The van der Waals surface area contributed by atoms with Crippen molar-refractivity contribution < 1.29 is 14.1 Å². The van der Waals surface area contributed by atoms with Gasteiger partial charge in [-0.1, -0.05) is 65.8 Å². The van der Waals surface area contributed by atoms with Gasteiger partial charge in [0.1, 0.15) is 18.1 Å². The Morgan fingerprint density at radius 2 is 1.58 bits per heavy atom. The third-order valence-electron chi connectivity index (χ3n) is 7.84. The van der Waals surface area contributed by atoms with Crippen molar-refractivity contribution in [2.75, 3.05) is 6.54 Å². The van der Waals surface area contributed by atoms with Crippen molar-refractivity contribution in [1.29, 1.82) is 0 Å². The average Bonchev–Trinajstić information content (AvgIpc) is 3.24. The smallest absolute Gasteiger partial charge is 0.224 e. The topological polar surface area (TPSA) is 64.4 Å². The first kappa shape index (κ1) is 22.6. The van der Waals surface area contributed by atoms with Gasteiger partial charge in [0.15, 0.2) is 0 Å². The summed E-state index contributed by atoms with van der Waals surface area (Å²) in [6, 6.07) is 25.4. The zero-order valence-corrected chi connectivity index (χ0v) is 20.7. The number of aromatic nitrogens is 1. The molecule has 3 aliphatic rings. The van der Waals surface area contributed by atoms with Gasteiger partial charge < -0.3 is 14.6 Å². The Balaban J connectivity index is 1.07. The standard InChI is InChI=1S/C31H30N2O3/c1-19-29(20(2)36-33-19)18-35-23-13-11-21(12-14-23)15-30(34)32-17-22-16-28-24-7-3-5-9-26(24)31(22)27-10-6-4-8-25(27)28/h3-14,22,28,31H,15-18H2,1-2H3,(H,32,34). The maximum Gasteiger partial charge on any atom is 0.224 e. The molecule has 5 heteroatoms. The van der Waals surface area contributed by atoms with Gasteiger partial charge in [0.2, 0.25) is 5.91 Å². The summed E-state index contributed by atoms with van der Waals surface area (Å²) in [6.45, 7) is 4.90. The molecule has 182 valence electrons. The van der Waals surface area contributed by atoms with Crippen LogP contribution in [-0.4, -0.2) is 17.6 Å². The van der Waals surface area contributed by atoms with E-state index < -0.39 is 0 Å². The second-order valence-corrected chi connectivity index (χ2v) is 10.0. The highest BCUT2D eigenvalue weighted by Gasteiger charge is 2.42. The van der Waals surface area contributed by atoms with Gasteiger partial charge in [-0.3, -0.25) is 4.79 Å². The minimum Gasteiger partial charge on any atom is -0.489 e. The van der Waals surface area contributed by atoms with Crippen molar-refractivity contribution in [3.8, 4) is 5.75 Å². The lowest BCUT2D eigenvalue weighted by Crippen LogP contribution is -2.39. The van der Waals surface area contributed by atoms with E-state index in [1.165, 1.54) is 22.3 Å². The van der Waals surface area contributed by atoms with Crippen molar-refractivity contribution in [2.24, 2.45) is 5.92 Å². The van der Waals surface area contributed by atoms with E-state index in [-0.39, 0.29) is 5.91 Å². The van der Waals surface area contributed by atoms with E-state index in [9.17, 15) is 4.79 Å². The third-order valence-corrected chi connectivity index (χ3v) is 7.84. The van der Waals surface area contributed by atoms with Gasteiger partial charge in [-0.2, -0.15) is 0 Å². The quantitative estimate of drug-likeness (QED) is 0.363. The lowest BCUT2D eigenvalue weighted by atomic mass is 9.59. The van der Waals surface area contributed by atoms with Crippen LogP contribution in [0.25, 0.3) is 0 Å². The maximum atomic E-state index is 12.8. The SMILES string of the molecule is Cc1noc(C)c1COc1ccc(CC(=O)NCC2CC3c4ccccc4C2c2ccccc23)cc1. The van der Waals surface area contributed by atoms with Crippen LogP contribution >= 0.6 is 0 Å². The van der Waals surface area contributed by atoms with Gasteiger partial charge in [-0.05, 0) is 66.1 Å². The predicted octanol–water partition coefficient (Wildman–Crippen LogP) is 5.83. The highest BCUT2D eigenvalue weighted by atomic mass is 16.5. The lowest BCUT2D eigenvalue weighted by Gasteiger charge is -2.45. The number of aryl methyl sites for hydroxylation is 2. The Kier molecular flexibility index (Phi) is 5.84. The van der Waals surface area contributed by atoms with Gasteiger partial charge in [0, 0.05) is 18.4 Å². The van der Waals surface area contributed by atoms with E-state index in [4.69, 9.17) is 9.26 Å². The molecule has 1 heterocycles. The Morgan fingerprint density at radius 1 is 0.944 bits per heavy atom. The van der Waals surface area contributed by atoms with Gasteiger partial charge >= 0.3 is 0 Å². The summed E-state index contributed by atoms with van der Waals surface area (Å²) >= 11 is 0. The van der Waals surface area contributed by atoms with E-state index in [0.717, 1.165) is 34.8 Å². The van der Waals surface area contributed by atoms with Crippen LogP contribution < -0.4 is 10.1 Å². The zero-order chi connectivity index (χ0) is 24.6. The number of carbonyl (C=O) groups excluding carboxylic acids is 1. The second-order valence-electron chi connectivity index (χ2n) is 10.0. The van der Waals surface area contributed by atoms with Gasteiger partial charge in [-0.25, -0.2) is 0 Å². The van der Waals surface area contributed by atoms with E-state index in [0.29, 0.717) is 37.3 Å². The number of fused-ring (bicyclic) bond motifs is 1. The summed E-state index contributed by atoms with van der Waals surface area (Å²) in [6.07, 6.45) is 1.44. The molecule has 1 aromatic heterocycles. The molecule has 0 fully saturated rings. The first-order valence-electron chi connectivity index (χ1n) is 12.7. The van der Waals surface area contributed by atoms with Crippen LogP contribution in [0.15, 0.2) is 77.3 Å². The Morgan fingerprint density at radius 3 is 2.19 bits per heavy atom. The molecule has 0 aliphatic heterocycles. The van der Waals surface area contributed by atoms with Crippen molar-refractivity contribution in [1.82, 2.24) is 10.5 Å². The molecule has 3 aromatic carbocycles. The predicted molar refractivity (Wildman–Crippen MR) is 138 cm³/mol. The number of rotatable bonds is 7. The molecule has 4 aromatic rings. The molecule has 0 saturated carbocycles.